The zero-order valence-electron chi connectivity index (χ0n) is 15.7. The molecule has 0 radical (unpaired) electrons. The minimum atomic E-state index is -3.96. The van der Waals surface area contributed by atoms with Crippen molar-refractivity contribution in [2.24, 2.45) is 0 Å². The summed E-state index contributed by atoms with van der Waals surface area (Å²) < 4.78 is 31.8. The maximum Gasteiger partial charge on any atom is 0.336 e. The molecule has 0 atom stereocenters. The highest BCUT2D eigenvalue weighted by molar-refractivity contribution is 7.90. The third kappa shape index (κ3) is 2.74. The van der Waals surface area contributed by atoms with Gasteiger partial charge < -0.3 is 4.42 Å². The molecule has 144 valence electrons. The van der Waals surface area contributed by atoms with Crippen molar-refractivity contribution in [1.82, 2.24) is 4.31 Å². The molecule has 0 unspecified atom stereocenters. The molecule has 0 spiro atoms. The molecule has 2 aromatic carbocycles. The number of fused-ring (bicyclic) bond motifs is 2. The van der Waals surface area contributed by atoms with Crippen LogP contribution in [0.15, 0.2) is 56.6 Å². The molecule has 7 heteroatoms. The summed E-state index contributed by atoms with van der Waals surface area (Å²) in [5.41, 5.74) is 2.44. The van der Waals surface area contributed by atoms with Crippen molar-refractivity contribution < 1.29 is 17.6 Å². The third-order valence-corrected chi connectivity index (χ3v) is 6.85. The van der Waals surface area contributed by atoms with Crippen LogP contribution in [0.3, 0.4) is 0 Å². The fraction of sp³-hybridized carbons (Fsp3) is 0.238. The van der Waals surface area contributed by atoms with E-state index in [1.807, 2.05) is 13.0 Å². The van der Waals surface area contributed by atoms with Crippen molar-refractivity contribution in [1.29, 1.82) is 0 Å². The van der Waals surface area contributed by atoms with E-state index in [-0.39, 0.29) is 22.9 Å². The summed E-state index contributed by atoms with van der Waals surface area (Å²) >= 11 is 0. The molecule has 1 aliphatic heterocycles. The highest BCUT2D eigenvalue weighted by Gasteiger charge is 2.41. The summed E-state index contributed by atoms with van der Waals surface area (Å²) in [5, 5.41) is 0.632. The van der Waals surface area contributed by atoms with E-state index in [0.717, 1.165) is 15.4 Å². The lowest BCUT2D eigenvalue weighted by atomic mass is 9.95. The Labute approximate surface area is 162 Å². The molecule has 0 aliphatic carbocycles. The molecule has 0 N–H and O–H groups in total. The van der Waals surface area contributed by atoms with E-state index in [1.165, 1.54) is 18.2 Å². The number of aryl methyl sites for hydroxylation is 1. The van der Waals surface area contributed by atoms with E-state index in [1.54, 1.807) is 18.2 Å². The molecule has 1 aromatic heterocycles. The molecule has 0 saturated heterocycles. The molecule has 0 bridgehead atoms. The van der Waals surface area contributed by atoms with Gasteiger partial charge in [0.15, 0.2) is 0 Å². The second-order valence-corrected chi connectivity index (χ2v) is 9.09. The Morgan fingerprint density at radius 2 is 1.79 bits per heavy atom. The van der Waals surface area contributed by atoms with E-state index in [0.29, 0.717) is 16.5 Å². The van der Waals surface area contributed by atoms with Crippen LogP contribution >= 0.6 is 0 Å². The summed E-state index contributed by atoms with van der Waals surface area (Å²) in [6.07, 6.45) is 0. The Hall–Kier alpha value is -2.93. The highest BCUT2D eigenvalue weighted by Crippen LogP contribution is 2.33. The maximum atomic E-state index is 12.9. The van der Waals surface area contributed by atoms with Crippen LogP contribution in [0.5, 0.6) is 0 Å². The second-order valence-electron chi connectivity index (χ2n) is 7.26. The summed E-state index contributed by atoms with van der Waals surface area (Å²) in [5.74, 6) is -0.348. The van der Waals surface area contributed by atoms with Gasteiger partial charge in [-0.3, -0.25) is 4.79 Å². The lowest BCUT2D eigenvalue weighted by Gasteiger charge is -2.17. The molecule has 4 rings (SSSR count). The third-order valence-electron chi connectivity index (χ3n) is 5.06. The predicted octanol–water partition coefficient (Wildman–Crippen LogP) is 3.57. The van der Waals surface area contributed by atoms with Crippen molar-refractivity contribution in [3.8, 4) is 0 Å². The minimum Gasteiger partial charge on any atom is -0.423 e. The number of nitrogens with zero attached hydrogens (tertiary/aromatic N) is 1. The Bertz CT molecular complexity index is 1290. The van der Waals surface area contributed by atoms with E-state index in [4.69, 9.17) is 4.42 Å². The molecule has 2 heterocycles. The van der Waals surface area contributed by atoms with Crippen LogP contribution in [0.25, 0.3) is 11.0 Å². The van der Waals surface area contributed by atoms with E-state index >= 15 is 0 Å². The molecule has 28 heavy (non-hydrogen) atoms. The Balaban J connectivity index is 1.88. The van der Waals surface area contributed by atoms with Crippen LogP contribution in [0, 0.1) is 6.92 Å². The summed E-state index contributed by atoms with van der Waals surface area (Å²) in [4.78, 5) is 24.8. The molecule has 0 saturated carbocycles. The topological polar surface area (TPSA) is 84.7 Å². The average molecular weight is 397 g/mol. The summed E-state index contributed by atoms with van der Waals surface area (Å²) in [6, 6.07) is 11.1. The van der Waals surface area contributed by atoms with Crippen molar-refractivity contribution >= 4 is 26.9 Å². The lowest BCUT2D eigenvalue weighted by molar-refractivity contribution is 0.0865. The Kier molecular flexibility index (Phi) is 4.15. The van der Waals surface area contributed by atoms with Gasteiger partial charge in [-0.05, 0) is 53.8 Å². The predicted molar refractivity (Wildman–Crippen MR) is 105 cm³/mol. The van der Waals surface area contributed by atoms with Gasteiger partial charge in [0.2, 0.25) is 0 Å². The van der Waals surface area contributed by atoms with Gasteiger partial charge in [-0.25, -0.2) is 17.5 Å². The number of hydrogen-bond acceptors (Lipinski definition) is 5. The monoisotopic (exact) mass is 397 g/mol. The summed E-state index contributed by atoms with van der Waals surface area (Å²) in [7, 11) is -3.96. The normalized spacial score (nSPS) is 15.4. The van der Waals surface area contributed by atoms with Gasteiger partial charge in [-0.2, -0.15) is 0 Å². The van der Waals surface area contributed by atoms with Gasteiger partial charge in [0.1, 0.15) is 10.5 Å². The number of rotatable bonds is 3. The lowest BCUT2D eigenvalue weighted by Crippen LogP contribution is -2.29. The minimum absolute atomic E-state index is 0.00835. The number of amides is 1. The van der Waals surface area contributed by atoms with Crippen LogP contribution in [0.1, 0.15) is 46.8 Å². The average Bonchev–Trinajstić information content (AvgIpc) is 2.82. The molecular weight excluding hydrogens is 378 g/mol. The zero-order chi connectivity index (χ0) is 20.2. The fourth-order valence-corrected chi connectivity index (χ4v) is 5.23. The Morgan fingerprint density at radius 3 is 2.46 bits per heavy atom. The second kappa shape index (κ2) is 6.31. The largest absolute Gasteiger partial charge is 0.423 e. The van der Waals surface area contributed by atoms with E-state index in [2.05, 4.69) is 13.8 Å². The first kappa shape index (κ1) is 18.4. The molecule has 3 aromatic rings. The van der Waals surface area contributed by atoms with Gasteiger partial charge in [-0.1, -0.05) is 26.0 Å². The molecule has 0 fully saturated rings. The van der Waals surface area contributed by atoms with Crippen molar-refractivity contribution in [2.75, 3.05) is 0 Å². The van der Waals surface area contributed by atoms with Crippen molar-refractivity contribution in [3.05, 3.63) is 75.1 Å². The number of carbonyl (C=O) groups is 1. The van der Waals surface area contributed by atoms with Gasteiger partial charge >= 0.3 is 5.63 Å². The van der Waals surface area contributed by atoms with Crippen molar-refractivity contribution in [3.63, 3.8) is 0 Å². The zero-order valence-corrected chi connectivity index (χ0v) is 16.5. The quantitative estimate of drug-likeness (QED) is 0.631. The number of sulfonamides is 1. The Morgan fingerprint density at radius 1 is 1.07 bits per heavy atom. The molecule has 1 aliphatic rings. The SMILES string of the molecule is Cc1cc2oc(=O)cc(CN3C(=O)c4ccccc4S3(=O)=O)c2cc1C(C)C. The first-order valence-electron chi connectivity index (χ1n) is 8.93. The van der Waals surface area contributed by atoms with Gasteiger partial charge in [0, 0.05) is 11.5 Å². The maximum absolute atomic E-state index is 12.9. The number of benzene rings is 2. The first-order valence-corrected chi connectivity index (χ1v) is 10.4. The first-order chi connectivity index (χ1) is 13.2. The molecular formula is C21H19NO5S. The summed E-state index contributed by atoms with van der Waals surface area (Å²) in [6.45, 7) is 5.82. The highest BCUT2D eigenvalue weighted by atomic mass is 32.2. The van der Waals surface area contributed by atoms with Gasteiger partial charge in [-0.15, -0.1) is 0 Å². The fourth-order valence-electron chi connectivity index (χ4n) is 3.69. The van der Waals surface area contributed by atoms with Gasteiger partial charge in [0.05, 0.1) is 12.1 Å². The van der Waals surface area contributed by atoms with Crippen molar-refractivity contribution in [2.45, 2.75) is 38.1 Å². The standard InChI is InChI=1S/C21H19NO5S/c1-12(2)16-10-17-14(9-20(23)27-18(17)8-13(16)3)11-22-21(24)15-6-4-5-7-19(15)28(22,25)26/h4-10,12H,11H2,1-3H3. The molecule has 1 amide bonds. The van der Waals surface area contributed by atoms with Crippen LogP contribution in [-0.4, -0.2) is 18.6 Å². The number of hydrogen-bond donors (Lipinski definition) is 0. The number of carbonyl (C=O) groups excluding carboxylic acids is 1. The van der Waals surface area contributed by atoms with Gasteiger partial charge in [0.25, 0.3) is 15.9 Å². The van der Waals surface area contributed by atoms with Crippen LogP contribution in [0.2, 0.25) is 0 Å². The van der Waals surface area contributed by atoms with E-state index < -0.39 is 21.6 Å². The van der Waals surface area contributed by atoms with Crippen LogP contribution < -0.4 is 5.63 Å². The van der Waals surface area contributed by atoms with Crippen LogP contribution in [-0.2, 0) is 16.6 Å². The molecule has 6 nitrogen and oxygen atoms in total. The van der Waals surface area contributed by atoms with Crippen LogP contribution in [0.4, 0.5) is 0 Å². The smallest absolute Gasteiger partial charge is 0.336 e. The van der Waals surface area contributed by atoms with E-state index in [9.17, 15) is 18.0 Å².